The highest BCUT2D eigenvalue weighted by Gasteiger charge is 2.34. The van der Waals surface area contributed by atoms with Crippen molar-refractivity contribution in [1.82, 2.24) is 0 Å². The van der Waals surface area contributed by atoms with Crippen molar-refractivity contribution in [2.75, 3.05) is 7.11 Å². The second kappa shape index (κ2) is 11.9. The van der Waals surface area contributed by atoms with Crippen molar-refractivity contribution in [3.63, 3.8) is 0 Å². The Kier molecular flexibility index (Phi) is 10.6. The summed E-state index contributed by atoms with van der Waals surface area (Å²) in [5.41, 5.74) is 0. The summed E-state index contributed by atoms with van der Waals surface area (Å²) in [6.07, 6.45) is 10.2. The van der Waals surface area contributed by atoms with Crippen LogP contribution in [0.2, 0.25) is 0 Å². The zero-order valence-electron chi connectivity index (χ0n) is 15.9. The Morgan fingerprint density at radius 2 is 1.92 bits per heavy atom. The number of methoxy groups -OCH3 is 1. The molecule has 4 heteroatoms. The summed E-state index contributed by atoms with van der Waals surface area (Å²) < 4.78 is 4.72. The summed E-state index contributed by atoms with van der Waals surface area (Å²) in [6, 6.07) is 0. The van der Waals surface area contributed by atoms with Crippen LogP contribution in [-0.2, 0) is 9.53 Å². The Labute approximate surface area is 148 Å². The normalized spacial score (nSPS) is 26.3. The van der Waals surface area contributed by atoms with E-state index in [9.17, 15) is 15.0 Å². The van der Waals surface area contributed by atoms with Crippen LogP contribution >= 0.6 is 0 Å². The van der Waals surface area contributed by atoms with Crippen LogP contribution < -0.4 is 0 Å². The molecule has 0 spiro atoms. The molecular formula is C20H38O4. The second-order valence-electron chi connectivity index (χ2n) is 7.76. The van der Waals surface area contributed by atoms with Gasteiger partial charge in [-0.05, 0) is 62.7 Å². The van der Waals surface area contributed by atoms with Gasteiger partial charge in [-0.3, -0.25) is 4.79 Å². The van der Waals surface area contributed by atoms with E-state index in [1.807, 2.05) is 0 Å². The van der Waals surface area contributed by atoms with E-state index in [0.29, 0.717) is 24.2 Å². The van der Waals surface area contributed by atoms with Crippen molar-refractivity contribution in [2.45, 2.75) is 96.7 Å². The molecule has 2 unspecified atom stereocenters. The SMILES string of the molecule is CCCCCC(O)CC[C@H]1CC[C@H](O)[C@H]1CCC(C)CC(=O)OC. The molecule has 5 atom stereocenters. The van der Waals surface area contributed by atoms with Gasteiger partial charge in [0.05, 0.1) is 19.3 Å². The van der Waals surface area contributed by atoms with Gasteiger partial charge in [0.25, 0.3) is 0 Å². The largest absolute Gasteiger partial charge is 0.469 e. The molecule has 2 N–H and O–H groups in total. The standard InChI is InChI=1S/C20H38O4/c1-4-5-6-7-17(21)11-9-16-10-13-19(22)18(16)12-8-15(2)14-20(23)24-3/h15-19,21-22H,4-14H2,1-3H3/t15?,16-,17?,18-,19-/m0/s1. The highest BCUT2D eigenvalue weighted by atomic mass is 16.5. The number of aliphatic hydroxyl groups is 2. The quantitative estimate of drug-likeness (QED) is 0.414. The molecule has 1 fully saturated rings. The van der Waals surface area contributed by atoms with E-state index in [-0.39, 0.29) is 18.2 Å². The number of hydrogen-bond donors (Lipinski definition) is 2. The van der Waals surface area contributed by atoms with Gasteiger partial charge in [0, 0.05) is 6.42 Å². The summed E-state index contributed by atoms with van der Waals surface area (Å²) >= 11 is 0. The van der Waals surface area contributed by atoms with E-state index >= 15 is 0 Å². The van der Waals surface area contributed by atoms with Gasteiger partial charge < -0.3 is 14.9 Å². The highest BCUT2D eigenvalue weighted by Crippen LogP contribution is 2.39. The van der Waals surface area contributed by atoms with E-state index in [1.165, 1.54) is 20.0 Å². The minimum Gasteiger partial charge on any atom is -0.469 e. The zero-order chi connectivity index (χ0) is 17.9. The third-order valence-electron chi connectivity index (χ3n) is 5.68. The first-order valence-corrected chi connectivity index (χ1v) is 9.90. The van der Waals surface area contributed by atoms with Crippen molar-refractivity contribution in [1.29, 1.82) is 0 Å². The summed E-state index contributed by atoms with van der Waals surface area (Å²) in [6.45, 7) is 4.25. The fraction of sp³-hybridized carbons (Fsp3) is 0.950. The molecule has 0 amide bonds. The predicted molar refractivity (Wildman–Crippen MR) is 96.6 cm³/mol. The first-order valence-electron chi connectivity index (χ1n) is 9.90. The Bertz CT molecular complexity index is 345. The molecule has 1 aliphatic carbocycles. The molecule has 142 valence electrons. The van der Waals surface area contributed by atoms with E-state index in [1.54, 1.807) is 0 Å². The molecule has 0 aromatic rings. The molecule has 0 aromatic carbocycles. The topological polar surface area (TPSA) is 66.8 Å². The third-order valence-corrected chi connectivity index (χ3v) is 5.68. The molecule has 0 aliphatic heterocycles. The molecule has 1 rings (SSSR count). The van der Waals surface area contributed by atoms with E-state index in [2.05, 4.69) is 13.8 Å². The van der Waals surface area contributed by atoms with Crippen LogP contribution in [0.3, 0.4) is 0 Å². The molecule has 4 nitrogen and oxygen atoms in total. The van der Waals surface area contributed by atoms with Gasteiger partial charge in [-0.25, -0.2) is 0 Å². The van der Waals surface area contributed by atoms with E-state index in [4.69, 9.17) is 4.74 Å². The van der Waals surface area contributed by atoms with Gasteiger partial charge >= 0.3 is 5.97 Å². The number of carbonyl (C=O) groups excluding carboxylic acids is 1. The number of esters is 1. The van der Waals surface area contributed by atoms with E-state index in [0.717, 1.165) is 51.4 Å². The summed E-state index contributed by atoms with van der Waals surface area (Å²) in [7, 11) is 1.43. The van der Waals surface area contributed by atoms with Gasteiger partial charge in [0.15, 0.2) is 0 Å². The van der Waals surface area contributed by atoms with Crippen LogP contribution in [0.25, 0.3) is 0 Å². The number of carbonyl (C=O) groups is 1. The maximum absolute atomic E-state index is 11.3. The van der Waals surface area contributed by atoms with Crippen molar-refractivity contribution >= 4 is 5.97 Å². The first-order chi connectivity index (χ1) is 11.5. The lowest BCUT2D eigenvalue weighted by Crippen LogP contribution is -2.21. The minimum absolute atomic E-state index is 0.152. The Balaban J connectivity index is 2.32. The van der Waals surface area contributed by atoms with Crippen molar-refractivity contribution in [3.05, 3.63) is 0 Å². The lowest BCUT2D eigenvalue weighted by molar-refractivity contribution is -0.141. The molecule has 0 heterocycles. The smallest absolute Gasteiger partial charge is 0.305 e. The molecule has 0 aromatic heterocycles. The third kappa shape index (κ3) is 7.98. The van der Waals surface area contributed by atoms with Crippen LogP contribution in [0, 0.1) is 17.8 Å². The summed E-state index contributed by atoms with van der Waals surface area (Å²) in [5, 5.41) is 20.4. The summed E-state index contributed by atoms with van der Waals surface area (Å²) in [4.78, 5) is 11.3. The highest BCUT2D eigenvalue weighted by molar-refractivity contribution is 5.69. The zero-order valence-corrected chi connectivity index (χ0v) is 15.9. The Morgan fingerprint density at radius 1 is 1.17 bits per heavy atom. The molecule has 0 bridgehead atoms. The number of hydrogen-bond acceptors (Lipinski definition) is 4. The number of ether oxygens (including phenoxy) is 1. The molecule has 1 saturated carbocycles. The minimum atomic E-state index is -0.211. The van der Waals surface area contributed by atoms with Gasteiger partial charge in [0.1, 0.15) is 0 Å². The van der Waals surface area contributed by atoms with Crippen LogP contribution in [0.15, 0.2) is 0 Å². The first kappa shape index (κ1) is 21.4. The van der Waals surface area contributed by atoms with Crippen LogP contribution in [0.1, 0.15) is 84.5 Å². The molecule has 0 radical (unpaired) electrons. The molecule has 1 aliphatic rings. The number of rotatable bonds is 12. The van der Waals surface area contributed by atoms with Gasteiger partial charge in [-0.15, -0.1) is 0 Å². The fourth-order valence-corrected chi connectivity index (χ4v) is 4.04. The van der Waals surface area contributed by atoms with Gasteiger partial charge in [0.2, 0.25) is 0 Å². The lowest BCUT2D eigenvalue weighted by atomic mass is 9.84. The van der Waals surface area contributed by atoms with Crippen LogP contribution in [0.5, 0.6) is 0 Å². The van der Waals surface area contributed by atoms with Crippen molar-refractivity contribution < 1.29 is 19.7 Å². The number of aliphatic hydroxyl groups excluding tert-OH is 2. The Morgan fingerprint density at radius 3 is 2.58 bits per heavy atom. The second-order valence-corrected chi connectivity index (χ2v) is 7.76. The van der Waals surface area contributed by atoms with Crippen LogP contribution in [0.4, 0.5) is 0 Å². The van der Waals surface area contributed by atoms with Gasteiger partial charge in [-0.2, -0.15) is 0 Å². The van der Waals surface area contributed by atoms with Crippen molar-refractivity contribution in [3.8, 4) is 0 Å². The average molecular weight is 343 g/mol. The Hall–Kier alpha value is -0.610. The van der Waals surface area contributed by atoms with Crippen LogP contribution in [-0.4, -0.2) is 35.5 Å². The maximum Gasteiger partial charge on any atom is 0.305 e. The maximum atomic E-state index is 11.3. The van der Waals surface area contributed by atoms with E-state index < -0.39 is 0 Å². The lowest BCUT2D eigenvalue weighted by Gasteiger charge is -2.24. The predicted octanol–water partition coefficient (Wildman–Crippen LogP) is 4.07. The number of unbranched alkanes of at least 4 members (excludes halogenated alkanes) is 2. The molecule has 24 heavy (non-hydrogen) atoms. The molecule has 0 saturated heterocycles. The molecular weight excluding hydrogens is 304 g/mol. The van der Waals surface area contributed by atoms with Gasteiger partial charge in [-0.1, -0.05) is 33.1 Å². The fourth-order valence-electron chi connectivity index (χ4n) is 4.04. The average Bonchev–Trinajstić information content (AvgIpc) is 2.91. The summed E-state index contributed by atoms with van der Waals surface area (Å²) in [5.74, 6) is 0.992. The monoisotopic (exact) mass is 342 g/mol. The van der Waals surface area contributed by atoms with Crippen molar-refractivity contribution in [2.24, 2.45) is 17.8 Å².